The zero-order chi connectivity index (χ0) is 15.0. The van der Waals surface area contributed by atoms with Crippen LogP contribution >= 0.6 is 0 Å². The van der Waals surface area contributed by atoms with Crippen molar-refractivity contribution in [2.75, 3.05) is 0 Å². The summed E-state index contributed by atoms with van der Waals surface area (Å²) in [5.74, 6) is 3.62. The summed E-state index contributed by atoms with van der Waals surface area (Å²) >= 11 is 0. The molecule has 2 atom stereocenters. The van der Waals surface area contributed by atoms with E-state index in [1.165, 1.54) is 0 Å². The molecule has 0 aliphatic carbocycles. The first-order chi connectivity index (χ1) is 9.54. The molecule has 0 aromatic heterocycles. The molecule has 7 heteroatoms. The first-order valence-electron chi connectivity index (χ1n) is 6.19. The van der Waals surface area contributed by atoms with Crippen LogP contribution in [0.15, 0.2) is 30.3 Å². The minimum atomic E-state index is -1.11. The molecule has 1 aromatic carbocycles. The van der Waals surface area contributed by atoms with Crippen molar-refractivity contribution in [1.82, 2.24) is 5.43 Å². The molecule has 2 unspecified atom stereocenters. The van der Waals surface area contributed by atoms with Crippen LogP contribution in [-0.2, 0) is 20.9 Å². The van der Waals surface area contributed by atoms with Gasteiger partial charge in [0, 0.05) is 0 Å². The van der Waals surface area contributed by atoms with Gasteiger partial charge in [-0.15, -0.1) is 0 Å². The smallest absolute Gasteiger partial charge is 0.324 e. The Labute approximate surface area is 116 Å². The van der Waals surface area contributed by atoms with E-state index >= 15 is 0 Å². The number of carbonyl (C=O) groups is 2. The van der Waals surface area contributed by atoms with Crippen LogP contribution in [-0.4, -0.2) is 29.1 Å². The van der Waals surface area contributed by atoms with E-state index in [1.54, 1.807) is 0 Å². The summed E-state index contributed by atoms with van der Waals surface area (Å²) in [5, 5.41) is 8.67. The number of hydrogen-bond acceptors (Lipinski definition) is 6. The number of benzene rings is 1. The maximum Gasteiger partial charge on any atom is 0.324 e. The number of rotatable bonds is 8. The Morgan fingerprint density at radius 3 is 2.45 bits per heavy atom. The van der Waals surface area contributed by atoms with E-state index in [4.69, 9.17) is 21.4 Å². The van der Waals surface area contributed by atoms with Gasteiger partial charge < -0.3 is 15.6 Å². The highest BCUT2D eigenvalue weighted by Crippen LogP contribution is 2.05. The zero-order valence-corrected chi connectivity index (χ0v) is 11.0. The number of nitrogens with one attached hydrogen (secondary N) is 1. The van der Waals surface area contributed by atoms with E-state index in [1.807, 2.05) is 30.3 Å². The van der Waals surface area contributed by atoms with E-state index in [-0.39, 0.29) is 19.4 Å². The Kier molecular flexibility index (Phi) is 6.65. The second-order valence-electron chi connectivity index (χ2n) is 4.33. The van der Waals surface area contributed by atoms with Crippen molar-refractivity contribution in [2.45, 2.75) is 31.5 Å². The van der Waals surface area contributed by atoms with E-state index in [9.17, 15) is 9.59 Å². The predicted molar refractivity (Wildman–Crippen MR) is 72.2 cm³/mol. The Bertz CT molecular complexity index is 439. The first-order valence-corrected chi connectivity index (χ1v) is 6.19. The van der Waals surface area contributed by atoms with Gasteiger partial charge in [0.25, 0.3) is 0 Å². The number of carboxylic acids is 1. The Balaban J connectivity index is 2.40. The second kappa shape index (κ2) is 8.26. The van der Waals surface area contributed by atoms with Gasteiger partial charge in [-0.1, -0.05) is 30.3 Å². The monoisotopic (exact) mass is 281 g/mol. The SMILES string of the molecule is NNC(CCC(N)C(=O)O)C(=O)OCc1ccccc1. The lowest BCUT2D eigenvalue weighted by Crippen LogP contribution is -2.44. The van der Waals surface area contributed by atoms with E-state index in [0.717, 1.165) is 5.56 Å². The molecule has 0 aliphatic rings. The van der Waals surface area contributed by atoms with E-state index in [0.29, 0.717) is 0 Å². The molecule has 0 bridgehead atoms. The lowest BCUT2D eigenvalue weighted by atomic mass is 10.1. The van der Waals surface area contributed by atoms with Gasteiger partial charge in [0.05, 0.1) is 0 Å². The highest BCUT2D eigenvalue weighted by Gasteiger charge is 2.21. The fraction of sp³-hybridized carbons (Fsp3) is 0.385. The van der Waals surface area contributed by atoms with Gasteiger partial charge in [0.15, 0.2) is 0 Å². The molecular weight excluding hydrogens is 262 g/mol. The molecule has 0 heterocycles. The zero-order valence-electron chi connectivity index (χ0n) is 11.0. The number of esters is 1. The Morgan fingerprint density at radius 2 is 1.90 bits per heavy atom. The fourth-order valence-corrected chi connectivity index (χ4v) is 1.57. The van der Waals surface area contributed by atoms with Crippen molar-refractivity contribution in [3.8, 4) is 0 Å². The van der Waals surface area contributed by atoms with Crippen LogP contribution in [0.2, 0.25) is 0 Å². The van der Waals surface area contributed by atoms with Gasteiger partial charge in [0.1, 0.15) is 18.7 Å². The summed E-state index contributed by atoms with van der Waals surface area (Å²) in [6.45, 7) is 0.142. The number of nitrogens with two attached hydrogens (primary N) is 2. The molecular formula is C13H19N3O4. The van der Waals surface area contributed by atoms with E-state index in [2.05, 4.69) is 5.43 Å². The molecule has 0 aliphatic heterocycles. The predicted octanol–water partition coefficient (Wildman–Crippen LogP) is -0.246. The Morgan fingerprint density at radius 1 is 1.25 bits per heavy atom. The molecule has 7 nitrogen and oxygen atoms in total. The molecule has 0 saturated carbocycles. The molecule has 0 saturated heterocycles. The van der Waals surface area contributed by atoms with Crippen molar-refractivity contribution in [2.24, 2.45) is 11.6 Å². The molecule has 20 heavy (non-hydrogen) atoms. The van der Waals surface area contributed by atoms with E-state index < -0.39 is 24.0 Å². The number of ether oxygens (including phenoxy) is 1. The molecule has 0 spiro atoms. The molecule has 0 fully saturated rings. The normalized spacial score (nSPS) is 13.5. The van der Waals surface area contributed by atoms with Gasteiger partial charge in [-0.25, -0.2) is 5.43 Å². The third kappa shape index (κ3) is 5.35. The van der Waals surface area contributed by atoms with Crippen molar-refractivity contribution in [3.05, 3.63) is 35.9 Å². The highest BCUT2D eigenvalue weighted by molar-refractivity contribution is 5.76. The van der Waals surface area contributed by atoms with Crippen LogP contribution < -0.4 is 17.0 Å². The average Bonchev–Trinajstić information content (AvgIpc) is 2.46. The van der Waals surface area contributed by atoms with Gasteiger partial charge in [0.2, 0.25) is 0 Å². The van der Waals surface area contributed by atoms with Crippen LogP contribution in [0, 0.1) is 0 Å². The van der Waals surface area contributed by atoms with Crippen LogP contribution in [0.5, 0.6) is 0 Å². The van der Waals surface area contributed by atoms with Crippen LogP contribution in [0.1, 0.15) is 18.4 Å². The first kappa shape index (κ1) is 16.1. The molecule has 0 amide bonds. The summed E-state index contributed by atoms with van der Waals surface area (Å²) in [6.07, 6.45) is 0.322. The van der Waals surface area contributed by atoms with Crippen LogP contribution in [0.3, 0.4) is 0 Å². The minimum Gasteiger partial charge on any atom is -0.480 e. The number of aliphatic carboxylic acids is 1. The number of hydrazine groups is 1. The van der Waals surface area contributed by atoms with Gasteiger partial charge in [-0.3, -0.25) is 15.4 Å². The van der Waals surface area contributed by atoms with Crippen molar-refractivity contribution in [3.63, 3.8) is 0 Å². The summed E-state index contributed by atoms with van der Waals surface area (Å²) in [6, 6.07) is 7.42. The fourth-order valence-electron chi connectivity index (χ4n) is 1.57. The van der Waals surface area contributed by atoms with Crippen molar-refractivity contribution in [1.29, 1.82) is 0 Å². The maximum atomic E-state index is 11.8. The quantitative estimate of drug-likeness (QED) is 0.294. The van der Waals surface area contributed by atoms with Crippen LogP contribution in [0.25, 0.3) is 0 Å². The molecule has 1 rings (SSSR count). The number of carbonyl (C=O) groups excluding carboxylic acids is 1. The molecule has 1 aromatic rings. The van der Waals surface area contributed by atoms with Gasteiger partial charge in [-0.05, 0) is 18.4 Å². The number of carboxylic acid groups (broad SMARTS) is 1. The third-order valence-corrected chi connectivity index (χ3v) is 2.79. The van der Waals surface area contributed by atoms with Gasteiger partial charge in [-0.2, -0.15) is 0 Å². The van der Waals surface area contributed by atoms with Crippen molar-refractivity contribution >= 4 is 11.9 Å². The summed E-state index contributed by atoms with van der Waals surface area (Å²) in [5.41, 5.74) is 8.53. The summed E-state index contributed by atoms with van der Waals surface area (Å²) in [4.78, 5) is 22.4. The third-order valence-electron chi connectivity index (χ3n) is 2.79. The molecule has 110 valence electrons. The highest BCUT2D eigenvalue weighted by atomic mass is 16.5. The topological polar surface area (TPSA) is 128 Å². The lowest BCUT2D eigenvalue weighted by molar-refractivity contribution is -0.148. The largest absolute Gasteiger partial charge is 0.480 e. The van der Waals surface area contributed by atoms with Crippen molar-refractivity contribution < 1.29 is 19.4 Å². The maximum absolute atomic E-state index is 11.8. The molecule has 6 N–H and O–H groups in total. The Hall–Kier alpha value is -1.96. The second-order valence-corrected chi connectivity index (χ2v) is 4.33. The average molecular weight is 281 g/mol. The summed E-state index contributed by atoms with van der Waals surface area (Å²) < 4.78 is 5.10. The minimum absolute atomic E-state index is 0.130. The standard InChI is InChI=1S/C13H19N3O4/c14-10(12(17)18)6-7-11(16-15)13(19)20-8-9-4-2-1-3-5-9/h1-5,10-11,16H,6-8,14-15H2,(H,17,18). The van der Waals surface area contributed by atoms with Gasteiger partial charge >= 0.3 is 11.9 Å². The molecule has 0 radical (unpaired) electrons. The summed E-state index contributed by atoms with van der Waals surface area (Å²) in [7, 11) is 0. The lowest BCUT2D eigenvalue weighted by Gasteiger charge is -2.16. The number of hydrogen-bond donors (Lipinski definition) is 4. The van der Waals surface area contributed by atoms with Crippen LogP contribution in [0.4, 0.5) is 0 Å².